The molecule has 4 saturated carbocycles. The average molecular weight is 560 g/mol. The lowest BCUT2D eigenvalue weighted by atomic mass is 9.53. The summed E-state index contributed by atoms with van der Waals surface area (Å²) in [4.78, 5) is 28.8. The lowest BCUT2D eigenvalue weighted by molar-refractivity contribution is -0.116. The molecule has 7 nitrogen and oxygen atoms in total. The van der Waals surface area contributed by atoms with E-state index in [9.17, 15) is 9.59 Å². The van der Waals surface area contributed by atoms with E-state index in [0.717, 1.165) is 61.1 Å². The first-order valence-electron chi connectivity index (χ1n) is 14.7. The number of carbonyl (C=O) groups is 2. The van der Waals surface area contributed by atoms with E-state index >= 15 is 0 Å². The van der Waals surface area contributed by atoms with Gasteiger partial charge in [0.05, 0.1) is 16.4 Å². The van der Waals surface area contributed by atoms with Gasteiger partial charge in [0, 0.05) is 23.7 Å². The molecule has 1 aromatic heterocycles. The Morgan fingerprint density at radius 1 is 1.00 bits per heavy atom. The molecule has 4 fully saturated rings. The zero-order chi connectivity index (χ0) is 27.7. The number of para-hydroxylation sites is 1. The van der Waals surface area contributed by atoms with Crippen LogP contribution >= 0.6 is 11.6 Å². The number of aromatic nitrogens is 2. The summed E-state index contributed by atoms with van der Waals surface area (Å²) in [6, 6.07) is 19.0. The Kier molecular flexibility index (Phi) is 7.58. The average Bonchev–Trinajstić information content (AvgIpc) is 3.34. The van der Waals surface area contributed by atoms with Crippen molar-refractivity contribution in [2.24, 2.45) is 17.8 Å². The van der Waals surface area contributed by atoms with Crippen LogP contribution in [0.5, 0.6) is 0 Å². The molecule has 0 aliphatic heterocycles. The van der Waals surface area contributed by atoms with Crippen LogP contribution in [-0.4, -0.2) is 45.2 Å². The molecule has 0 atom stereocenters. The molecule has 1 heterocycles. The minimum atomic E-state index is -0.260. The van der Waals surface area contributed by atoms with E-state index in [2.05, 4.69) is 17.6 Å². The van der Waals surface area contributed by atoms with Crippen molar-refractivity contribution in [2.75, 3.05) is 18.4 Å². The van der Waals surface area contributed by atoms with Crippen LogP contribution in [0.4, 0.5) is 10.6 Å². The topological polar surface area (TPSA) is 79.3 Å². The van der Waals surface area contributed by atoms with Crippen molar-refractivity contribution in [3.63, 3.8) is 0 Å². The summed E-state index contributed by atoms with van der Waals surface area (Å²) in [7, 11) is 0. The third-order valence-corrected chi connectivity index (χ3v) is 9.26. The fourth-order valence-corrected chi connectivity index (χ4v) is 7.77. The summed E-state index contributed by atoms with van der Waals surface area (Å²) in [6.45, 7) is 2.62. The number of hydrogen-bond donors (Lipinski definition) is 2. The van der Waals surface area contributed by atoms with Crippen LogP contribution in [0, 0.1) is 17.8 Å². The highest BCUT2D eigenvalue weighted by molar-refractivity contribution is 6.32. The van der Waals surface area contributed by atoms with Gasteiger partial charge >= 0.3 is 6.03 Å². The third kappa shape index (κ3) is 5.62. The Morgan fingerprint density at radius 3 is 2.30 bits per heavy atom. The zero-order valence-electron chi connectivity index (χ0n) is 23.1. The Morgan fingerprint density at radius 2 is 1.65 bits per heavy atom. The number of benzene rings is 2. The second kappa shape index (κ2) is 11.3. The summed E-state index contributed by atoms with van der Waals surface area (Å²) >= 11 is 6.52. The van der Waals surface area contributed by atoms with Crippen molar-refractivity contribution in [1.82, 2.24) is 20.0 Å². The van der Waals surface area contributed by atoms with Gasteiger partial charge in [0.25, 0.3) is 0 Å². The van der Waals surface area contributed by atoms with Crippen LogP contribution < -0.4 is 10.6 Å². The van der Waals surface area contributed by atoms with Crippen molar-refractivity contribution in [1.29, 1.82) is 0 Å². The highest BCUT2D eigenvalue weighted by Crippen LogP contribution is 2.55. The lowest BCUT2D eigenvalue weighted by Crippen LogP contribution is -2.62. The summed E-state index contributed by atoms with van der Waals surface area (Å²) in [6.07, 6.45) is 9.00. The first-order chi connectivity index (χ1) is 19.4. The first kappa shape index (κ1) is 26.9. The molecule has 4 aliphatic rings. The number of unbranched alkanes of at least 4 members (excludes halogenated alkanes) is 1. The molecule has 210 valence electrons. The van der Waals surface area contributed by atoms with Gasteiger partial charge in [-0.1, -0.05) is 67.4 Å². The quantitative estimate of drug-likeness (QED) is 0.299. The van der Waals surface area contributed by atoms with Gasteiger partial charge in [0.2, 0.25) is 5.91 Å². The van der Waals surface area contributed by atoms with Crippen molar-refractivity contribution < 1.29 is 9.59 Å². The Hall–Kier alpha value is -3.32. The van der Waals surface area contributed by atoms with E-state index < -0.39 is 0 Å². The molecule has 0 radical (unpaired) electrons. The second-order valence-electron chi connectivity index (χ2n) is 12.1. The van der Waals surface area contributed by atoms with Crippen LogP contribution in [0.3, 0.4) is 0 Å². The molecule has 40 heavy (non-hydrogen) atoms. The summed E-state index contributed by atoms with van der Waals surface area (Å²) in [5.74, 6) is 2.46. The Balaban J connectivity index is 1.20. The molecule has 0 spiro atoms. The maximum Gasteiger partial charge on any atom is 0.318 e. The minimum Gasteiger partial charge on any atom is -0.333 e. The maximum absolute atomic E-state index is 13.6. The van der Waals surface area contributed by atoms with Crippen molar-refractivity contribution in [3.05, 3.63) is 65.7 Å². The molecule has 4 aliphatic carbocycles. The highest BCUT2D eigenvalue weighted by atomic mass is 35.5. The predicted molar refractivity (Wildman–Crippen MR) is 159 cm³/mol. The van der Waals surface area contributed by atoms with E-state index in [1.54, 1.807) is 15.6 Å². The molecular weight excluding hydrogens is 522 g/mol. The summed E-state index contributed by atoms with van der Waals surface area (Å²) in [5, 5.41) is 11.8. The molecular formula is C32H38ClN5O2. The van der Waals surface area contributed by atoms with Gasteiger partial charge in [-0.2, -0.15) is 5.10 Å². The first-order valence-corrected chi connectivity index (χ1v) is 15.1. The number of amides is 3. The van der Waals surface area contributed by atoms with Gasteiger partial charge in [-0.15, -0.1) is 0 Å². The molecule has 7 rings (SSSR count). The molecule has 0 unspecified atom stereocenters. The van der Waals surface area contributed by atoms with Crippen molar-refractivity contribution >= 4 is 29.4 Å². The number of rotatable bonds is 9. The number of nitrogens with zero attached hydrogens (tertiary/aromatic N) is 3. The van der Waals surface area contributed by atoms with Crippen LogP contribution in [0.1, 0.15) is 58.3 Å². The summed E-state index contributed by atoms with van der Waals surface area (Å²) in [5.41, 5.74) is 2.23. The number of halogens is 1. The van der Waals surface area contributed by atoms with E-state index in [4.69, 9.17) is 16.7 Å². The van der Waals surface area contributed by atoms with E-state index in [-0.39, 0.29) is 24.0 Å². The van der Waals surface area contributed by atoms with E-state index in [1.165, 1.54) is 19.3 Å². The largest absolute Gasteiger partial charge is 0.333 e. The Labute approximate surface area is 241 Å². The number of carbonyl (C=O) groups excluding carboxylic acids is 2. The maximum atomic E-state index is 13.6. The molecule has 2 aromatic carbocycles. The van der Waals surface area contributed by atoms with Crippen LogP contribution in [0.2, 0.25) is 5.02 Å². The van der Waals surface area contributed by atoms with Gasteiger partial charge in [-0.05, 0) is 74.8 Å². The van der Waals surface area contributed by atoms with Gasteiger partial charge in [-0.3, -0.25) is 4.79 Å². The van der Waals surface area contributed by atoms with Crippen LogP contribution in [0.25, 0.3) is 16.9 Å². The van der Waals surface area contributed by atoms with Gasteiger partial charge < -0.3 is 15.5 Å². The number of anilines is 1. The minimum absolute atomic E-state index is 0.0213. The molecule has 3 amide bonds. The van der Waals surface area contributed by atoms with Crippen LogP contribution in [-0.2, 0) is 4.79 Å². The number of hydrogen-bond acceptors (Lipinski definition) is 3. The predicted octanol–water partition coefficient (Wildman–Crippen LogP) is 6.91. The van der Waals surface area contributed by atoms with Gasteiger partial charge in [0.15, 0.2) is 0 Å². The molecule has 4 bridgehead atoms. The molecule has 3 aromatic rings. The monoisotopic (exact) mass is 559 g/mol. The van der Waals surface area contributed by atoms with Crippen LogP contribution in [0.15, 0.2) is 60.7 Å². The number of urea groups is 1. The third-order valence-electron chi connectivity index (χ3n) is 8.94. The number of nitrogens with one attached hydrogen (secondary N) is 2. The van der Waals surface area contributed by atoms with Crippen molar-refractivity contribution in [3.8, 4) is 16.9 Å². The Bertz CT molecular complexity index is 1340. The fourth-order valence-electron chi connectivity index (χ4n) is 7.55. The van der Waals surface area contributed by atoms with Crippen molar-refractivity contribution in [2.45, 2.75) is 63.8 Å². The zero-order valence-corrected chi connectivity index (χ0v) is 23.9. The lowest BCUT2D eigenvalue weighted by Gasteiger charge is -2.57. The van der Waals surface area contributed by atoms with Gasteiger partial charge in [-0.25, -0.2) is 9.48 Å². The standard InChI is InChI=1S/C32H38ClN5O2/c1-2-3-13-37(31(40)35-32-18-22-14-23(19-32)16-24(15-22)20-32)21-30(39)34-29-17-27(25-9-5-4-6-10-25)36-38(29)28-12-8-7-11-26(28)33/h4-12,17,22-24H,2-3,13-16,18-21H2,1H3,(H,34,39)(H,35,40). The summed E-state index contributed by atoms with van der Waals surface area (Å²) < 4.78 is 1.66. The van der Waals surface area contributed by atoms with E-state index in [0.29, 0.717) is 23.1 Å². The molecule has 0 saturated heterocycles. The highest BCUT2D eigenvalue weighted by Gasteiger charge is 2.51. The van der Waals surface area contributed by atoms with Gasteiger partial charge in [0.1, 0.15) is 12.4 Å². The smallest absolute Gasteiger partial charge is 0.318 e. The molecule has 8 heteroatoms. The normalized spacial score (nSPS) is 24.6. The second-order valence-corrected chi connectivity index (χ2v) is 12.5. The molecule has 2 N–H and O–H groups in total. The SMILES string of the molecule is CCCCN(CC(=O)Nc1cc(-c2ccccc2)nn1-c1ccccc1Cl)C(=O)NC12CC3CC(CC(C3)C1)C2. The fraction of sp³-hybridized carbons (Fsp3) is 0.469. The van der Waals surface area contributed by atoms with E-state index in [1.807, 2.05) is 54.6 Å².